The van der Waals surface area contributed by atoms with Crippen LogP contribution in [-0.4, -0.2) is 89.3 Å². The molecule has 0 radical (unpaired) electrons. The number of likely N-dealkylation sites (N-methyl/N-ethyl adjacent to an activating group) is 2. The SMILES string of the molecule is COCCN(C)C(=O)c1ccc(-c2ccc(C(=O)Nc3ccc(OC)c(N4CCN(C)CC4)c3)cc2C)cc1. The zero-order chi connectivity index (χ0) is 27.9. The van der Waals surface area contributed by atoms with Crippen molar-refractivity contribution in [2.75, 3.05) is 77.9 Å². The first kappa shape index (κ1) is 28.1. The Morgan fingerprint density at radius 2 is 1.62 bits per heavy atom. The molecule has 0 spiro atoms. The van der Waals surface area contributed by atoms with Gasteiger partial charge in [-0.3, -0.25) is 9.59 Å². The predicted molar refractivity (Wildman–Crippen MR) is 156 cm³/mol. The highest BCUT2D eigenvalue weighted by Gasteiger charge is 2.19. The Kier molecular flexibility index (Phi) is 9.22. The van der Waals surface area contributed by atoms with Crippen molar-refractivity contribution >= 4 is 23.2 Å². The van der Waals surface area contributed by atoms with Crippen molar-refractivity contribution in [3.8, 4) is 16.9 Å². The molecule has 0 saturated carbocycles. The lowest BCUT2D eigenvalue weighted by molar-refractivity contribution is 0.0744. The van der Waals surface area contributed by atoms with Crippen molar-refractivity contribution in [2.45, 2.75) is 6.92 Å². The van der Waals surface area contributed by atoms with E-state index in [1.807, 2.05) is 67.6 Å². The standard InChI is InChI=1S/C31H38N4O4/c1-22-20-25(10-12-27(22)23-6-8-24(9-7-23)31(37)34(3)18-19-38-4)30(36)32-26-11-13-29(39-5)28(21-26)35-16-14-33(2)15-17-35/h6-13,20-21H,14-19H2,1-5H3,(H,32,36). The molecule has 3 aromatic carbocycles. The van der Waals surface area contributed by atoms with E-state index in [4.69, 9.17) is 9.47 Å². The van der Waals surface area contributed by atoms with Gasteiger partial charge in [-0.25, -0.2) is 0 Å². The summed E-state index contributed by atoms with van der Waals surface area (Å²) in [5, 5.41) is 3.05. The van der Waals surface area contributed by atoms with Gasteiger partial charge < -0.3 is 29.5 Å². The van der Waals surface area contributed by atoms with Gasteiger partial charge in [-0.15, -0.1) is 0 Å². The summed E-state index contributed by atoms with van der Waals surface area (Å²) in [7, 11) is 7.18. The van der Waals surface area contributed by atoms with E-state index in [1.54, 1.807) is 26.2 Å². The number of nitrogens with zero attached hydrogens (tertiary/aromatic N) is 3. The number of amides is 2. The van der Waals surface area contributed by atoms with E-state index in [2.05, 4.69) is 22.2 Å². The van der Waals surface area contributed by atoms with Crippen molar-refractivity contribution in [1.29, 1.82) is 0 Å². The molecule has 1 N–H and O–H groups in total. The monoisotopic (exact) mass is 530 g/mol. The number of benzene rings is 3. The van der Waals surface area contributed by atoms with E-state index in [1.165, 1.54) is 0 Å². The number of anilines is 2. The summed E-state index contributed by atoms with van der Waals surface area (Å²) in [6, 6.07) is 19.0. The van der Waals surface area contributed by atoms with Crippen molar-refractivity contribution in [3.63, 3.8) is 0 Å². The number of methoxy groups -OCH3 is 2. The van der Waals surface area contributed by atoms with Crippen LogP contribution in [0.2, 0.25) is 0 Å². The second-order valence-corrected chi connectivity index (χ2v) is 9.96. The Bertz CT molecular complexity index is 1300. The van der Waals surface area contributed by atoms with Crippen LogP contribution in [0.25, 0.3) is 11.1 Å². The minimum absolute atomic E-state index is 0.0448. The predicted octanol–water partition coefficient (Wildman–Crippen LogP) is 4.39. The summed E-state index contributed by atoms with van der Waals surface area (Å²) in [5.41, 5.74) is 5.91. The third-order valence-electron chi connectivity index (χ3n) is 7.19. The number of rotatable bonds is 9. The molecule has 0 aliphatic carbocycles. The van der Waals surface area contributed by atoms with Crippen molar-refractivity contribution in [3.05, 3.63) is 77.4 Å². The molecule has 4 rings (SSSR count). The van der Waals surface area contributed by atoms with Gasteiger partial charge in [0, 0.05) is 63.7 Å². The van der Waals surface area contributed by atoms with Crippen molar-refractivity contribution in [1.82, 2.24) is 9.80 Å². The van der Waals surface area contributed by atoms with Gasteiger partial charge in [0.05, 0.1) is 19.4 Å². The van der Waals surface area contributed by atoms with E-state index >= 15 is 0 Å². The molecule has 39 heavy (non-hydrogen) atoms. The smallest absolute Gasteiger partial charge is 0.255 e. The molecule has 1 fully saturated rings. The van der Waals surface area contributed by atoms with Gasteiger partial charge in [-0.2, -0.15) is 0 Å². The summed E-state index contributed by atoms with van der Waals surface area (Å²) in [6.07, 6.45) is 0. The molecule has 1 heterocycles. The number of hydrogen-bond donors (Lipinski definition) is 1. The van der Waals surface area contributed by atoms with Crippen LogP contribution in [0.15, 0.2) is 60.7 Å². The lowest BCUT2D eigenvalue weighted by Crippen LogP contribution is -2.44. The zero-order valence-corrected chi connectivity index (χ0v) is 23.5. The van der Waals surface area contributed by atoms with Gasteiger partial charge >= 0.3 is 0 Å². The van der Waals surface area contributed by atoms with Crippen LogP contribution in [0.5, 0.6) is 5.75 Å². The molecule has 2 amide bonds. The molecule has 0 aromatic heterocycles. The van der Waals surface area contributed by atoms with E-state index in [-0.39, 0.29) is 11.8 Å². The van der Waals surface area contributed by atoms with Crippen LogP contribution in [0.1, 0.15) is 26.3 Å². The summed E-state index contributed by atoms with van der Waals surface area (Å²) in [4.78, 5) is 32.0. The number of piperazine rings is 1. The largest absolute Gasteiger partial charge is 0.495 e. The van der Waals surface area contributed by atoms with Crippen molar-refractivity contribution in [2.24, 2.45) is 0 Å². The van der Waals surface area contributed by atoms with Gasteiger partial charge in [-0.05, 0) is 73.1 Å². The fraction of sp³-hybridized carbons (Fsp3) is 0.355. The second-order valence-electron chi connectivity index (χ2n) is 9.96. The number of nitrogens with one attached hydrogen (secondary N) is 1. The third kappa shape index (κ3) is 6.77. The first-order valence-corrected chi connectivity index (χ1v) is 13.2. The van der Waals surface area contributed by atoms with Crippen LogP contribution in [-0.2, 0) is 4.74 Å². The lowest BCUT2D eigenvalue weighted by atomic mass is 9.97. The molecular weight excluding hydrogens is 492 g/mol. The molecule has 8 heteroatoms. The molecule has 0 bridgehead atoms. The Morgan fingerprint density at radius 3 is 2.26 bits per heavy atom. The van der Waals surface area contributed by atoms with Gasteiger partial charge in [0.15, 0.2) is 0 Å². The average molecular weight is 531 g/mol. The molecule has 206 valence electrons. The maximum Gasteiger partial charge on any atom is 0.255 e. The molecule has 1 aliphatic heterocycles. The van der Waals surface area contributed by atoms with Crippen molar-refractivity contribution < 1.29 is 19.1 Å². The maximum atomic E-state index is 13.1. The maximum absolute atomic E-state index is 13.1. The first-order chi connectivity index (χ1) is 18.8. The van der Waals surface area contributed by atoms with E-state index in [0.717, 1.165) is 60.0 Å². The Morgan fingerprint density at radius 1 is 0.923 bits per heavy atom. The van der Waals surface area contributed by atoms with Gasteiger partial charge in [0.25, 0.3) is 11.8 Å². The van der Waals surface area contributed by atoms with Crippen LogP contribution >= 0.6 is 0 Å². The summed E-state index contributed by atoms with van der Waals surface area (Å²) in [6.45, 7) is 6.80. The second kappa shape index (κ2) is 12.8. The quantitative estimate of drug-likeness (QED) is 0.442. The molecule has 1 saturated heterocycles. The minimum Gasteiger partial charge on any atom is -0.495 e. The van der Waals surface area contributed by atoms with Crippen LogP contribution in [0, 0.1) is 6.92 Å². The number of aryl methyl sites for hydroxylation is 1. The Hall–Kier alpha value is -3.88. The van der Waals surface area contributed by atoms with Gasteiger partial charge in [0.1, 0.15) is 5.75 Å². The first-order valence-electron chi connectivity index (χ1n) is 13.2. The molecule has 3 aromatic rings. The fourth-order valence-electron chi connectivity index (χ4n) is 4.74. The highest BCUT2D eigenvalue weighted by Crippen LogP contribution is 2.32. The van der Waals surface area contributed by atoms with Crippen LogP contribution < -0.4 is 15.0 Å². The summed E-state index contributed by atoms with van der Waals surface area (Å²) >= 11 is 0. The number of ether oxygens (including phenoxy) is 2. The fourth-order valence-corrected chi connectivity index (χ4v) is 4.74. The molecule has 0 atom stereocenters. The summed E-state index contributed by atoms with van der Waals surface area (Å²) in [5.74, 6) is 0.586. The number of carbonyl (C=O) groups excluding carboxylic acids is 2. The van der Waals surface area contributed by atoms with E-state index in [0.29, 0.717) is 24.3 Å². The third-order valence-corrected chi connectivity index (χ3v) is 7.19. The van der Waals surface area contributed by atoms with Crippen LogP contribution in [0.4, 0.5) is 11.4 Å². The molecular formula is C31H38N4O4. The van der Waals surface area contributed by atoms with E-state index in [9.17, 15) is 9.59 Å². The number of carbonyl (C=O) groups is 2. The Balaban J connectivity index is 1.46. The average Bonchev–Trinajstić information content (AvgIpc) is 2.96. The minimum atomic E-state index is -0.167. The molecule has 1 aliphatic rings. The normalized spacial score (nSPS) is 13.7. The number of hydrogen-bond acceptors (Lipinski definition) is 6. The highest BCUT2D eigenvalue weighted by atomic mass is 16.5. The lowest BCUT2D eigenvalue weighted by Gasteiger charge is -2.35. The van der Waals surface area contributed by atoms with Gasteiger partial charge in [-0.1, -0.05) is 18.2 Å². The topological polar surface area (TPSA) is 74.3 Å². The highest BCUT2D eigenvalue weighted by molar-refractivity contribution is 6.05. The van der Waals surface area contributed by atoms with Crippen LogP contribution in [0.3, 0.4) is 0 Å². The molecule has 0 unspecified atom stereocenters. The summed E-state index contributed by atoms with van der Waals surface area (Å²) < 4.78 is 10.7. The molecule has 8 nitrogen and oxygen atoms in total. The van der Waals surface area contributed by atoms with Gasteiger partial charge in [0.2, 0.25) is 0 Å². The van der Waals surface area contributed by atoms with E-state index < -0.39 is 0 Å². The Labute approximate surface area is 231 Å². The zero-order valence-electron chi connectivity index (χ0n) is 23.5.